The summed E-state index contributed by atoms with van der Waals surface area (Å²) in [6.07, 6.45) is 1.70. The molecule has 0 aliphatic rings. The van der Waals surface area contributed by atoms with E-state index in [4.69, 9.17) is 5.73 Å². The van der Waals surface area contributed by atoms with E-state index in [0.717, 1.165) is 10.8 Å². The Hall–Kier alpha value is -2.00. The van der Waals surface area contributed by atoms with Crippen LogP contribution in [0.25, 0.3) is 10.8 Å². The minimum Gasteiger partial charge on any atom is -0.397 e. The number of thioether (sulfide) groups is 1. The Morgan fingerprint density at radius 2 is 1.79 bits per heavy atom. The van der Waals surface area contributed by atoms with Crippen LogP contribution >= 0.6 is 11.8 Å². The Balaban J connectivity index is 1.84. The molecule has 2 nitrogen and oxygen atoms in total. The van der Waals surface area contributed by atoms with Gasteiger partial charge < -0.3 is 5.73 Å². The maximum absolute atomic E-state index is 5.64. The fourth-order valence-electron chi connectivity index (χ4n) is 2.05. The number of aromatic nitrogens is 1. The predicted molar refractivity (Wildman–Crippen MR) is 82.2 cm³/mol. The summed E-state index contributed by atoms with van der Waals surface area (Å²) in [4.78, 5) is 4.31. The van der Waals surface area contributed by atoms with E-state index in [1.54, 1.807) is 18.0 Å². The fraction of sp³-hybridized carbons (Fsp3) is 0.0625. The van der Waals surface area contributed by atoms with Crippen LogP contribution < -0.4 is 5.73 Å². The van der Waals surface area contributed by atoms with Crippen molar-refractivity contribution in [3.05, 3.63) is 66.4 Å². The smallest absolute Gasteiger partial charge is 0.0964 e. The fourth-order valence-corrected chi connectivity index (χ4v) is 2.89. The Bertz CT molecular complexity index is 687. The predicted octanol–water partition coefficient (Wildman–Crippen LogP) is 4.11. The first-order chi connectivity index (χ1) is 9.33. The normalized spacial score (nSPS) is 10.7. The summed E-state index contributed by atoms with van der Waals surface area (Å²) in [7, 11) is 0. The molecule has 0 radical (unpaired) electrons. The zero-order chi connectivity index (χ0) is 13.1. The number of nitrogens with two attached hydrogens (primary N) is 1. The molecule has 0 saturated carbocycles. The van der Waals surface area contributed by atoms with Crippen LogP contribution in [0.15, 0.2) is 65.8 Å². The Labute approximate surface area is 116 Å². The first kappa shape index (κ1) is 12.1. The molecule has 3 heteroatoms. The van der Waals surface area contributed by atoms with Crippen molar-refractivity contribution in [1.82, 2.24) is 4.98 Å². The average molecular weight is 266 g/mol. The molecule has 2 aromatic carbocycles. The van der Waals surface area contributed by atoms with Gasteiger partial charge in [0.15, 0.2) is 0 Å². The molecule has 0 fully saturated rings. The van der Waals surface area contributed by atoms with E-state index in [9.17, 15) is 0 Å². The molecule has 0 unspecified atom stereocenters. The van der Waals surface area contributed by atoms with Crippen molar-refractivity contribution in [3.63, 3.8) is 0 Å². The second-order valence-electron chi connectivity index (χ2n) is 4.36. The van der Waals surface area contributed by atoms with Crippen LogP contribution in [0.5, 0.6) is 0 Å². The molecule has 1 heterocycles. The number of benzene rings is 2. The van der Waals surface area contributed by atoms with Crippen LogP contribution in [0, 0.1) is 0 Å². The van der Waals surface area contributed by atoms with Crippen LogP contribution in [0.4, 0.5) is 5.69 Å². The number of pyridine rings is 1. The van der Waals surface area contributed by atoms with E-state index in [1.807, 2.05) is 12.1 Å². The van der Waals surface area contributed by atoms with Gasteiger partial charge in [-0.25, -0.2) is 4.98 Å². The minimum absolute atomic E-state index is 0.703. The summed E-state index contributed by atoms with van der Waals surface area (Å²) in [6, 6.07) is 18.7. The molecule has 0 amide bonds. The standard InChI is InChI=1S/C16H14N2S/c17-14-8-9-16(18-10-14)19-11-13-6-3-5-12-4-1-2-7-15(12)13/h1-10H,11,17H2. The third-order valence-corrected chi connectivity index (χ3v) is 4.01. The third-order valence-electron chi connectivity index (χ3n) is 3.01. The lowest BCUT2D eigenvalue weighted by atomic mass is 10.1. The van der Waals surface area contributed by atoms with Crippen molar-refractivity contribution in [3.8, 4) is 0 Å². The van der Waals surface area contributed by atoms with E-state index in [1.165, 1.54) is 16.3 Å². The van der Waals surface area contributed by atoms with Gasteiger partial charge >= 0.3 is 0 Å². The van der Waals surface area contributed by atoms with Gasteiger partial charge in [0.25, 0.3) is 0 Å². The van der Waals surface area contributed by atoms with E-state index < -0.39 is 0 Å². The van der Waals surface area contributed by atoms with Crippen molar-refractivity contribution in [2.24, 2.45) is 0 Å². The maximum Gasteiger partial charge on any atom is 0.0964 e. The summed E-state index contributed by atoms with van der Waals surface area (Å²) in [5.41, 5.74) is 7.67. The minimum atomic E-state index is 0.703. The molecule has 19 heavy (non-hydrogen) atoms. The molecule has 2 N–H and O–H groups in total. The molecule has 94 valence electrons. The van der Waals surface area contributed by atoms with Crippen molar-refractivity contribution in [1.29, 1.82) is 0 Å². The highest BCUT2D eigenvalue weighted by atomic mass is 32.2. The van der Waals surface area contributed by atoms with Gasteiger partial charge in [-0.2, -0.15) is 0 Å². The van der Waals surface area contributed by atoms with Crippen LogP contribution in [-0.2, 0) is 5.75 Å². The lowest BCUT2D eigenvalue weighted by Gasteiger charge is -2.06. The first-order valence-electron chi connectivity index (χ1n) is 6.14. The van der Waals surface area contributed by atoms with Gasteiger partial charge in [0.2, 0.25) is 0 Å². The van der Waals surface area contributed by atoms with Gasteiger partial charge in [0.1, 0.15) is 0 Å². The summed E-state index contributed by atoms with van der Waals surface area (Å²) >= 11 is 1.73. The van der Waals surface area contributed by atoms with E-state index >= 15 is 0 Å². The zero-order valence-electron chi connectivity index (χ0n) is 10.4. The van der Waals surface area contributed by atoms with E-state index in [-0.39, 0.29) is 0 Å². The van der Waals surface area contributed by atoms with Crippen LogP contribution in [0.1, 0.15) is 5.56 Å². The van der Waals surface area contributed by atoms with E-state index in [2.05, 4.69) is 47.4 Å². The van der Waals surface area contributed by atoms with Crippen molar-refractivity contribution in [2.45, 2.75) is 10.8 Å². The van der Waals surface area contributed by atoms with E-state index in [0.29, 0.717) is 5.69 Å². The number of nitrogens with zero attached hydrogens (tertiary/aromatic N) is 1. The van der Waals surface area contributed by atoms with Crippen molar-refractivity contribution >= 4 is 28.2 Å². The highest BCUT2D eigenvalue weighted by Crippen LogP contribution is 2.26. The van der Waals surface area contributed by atoms with Gasteiger partial charge in [-0.15, -0.1) is 11.8 Å². The van der Waals surface area contributed by atoms with Gasteiger partial charge in [0, 0.05) is 5.75 Å². The summed E-state index contributed by atoms with van der Waals surface area (Å²) < 4.78 is 0. The van der Waals surface area contributed by atoms with Crippen LogP contribution in [0.3, 0.4) is 0 Å². The molecule has 0 aliphatic heterocycles. The molecule has 0 aliphatic carbocycles. The number of hydrogen-bond donors (Lipinski definition) is 1. The Kier molecular flexibility index (Phi) is 3.38. The monoisotopic (exact) mass is 266 g/mol. The average Bonchev–Trinajstić information content (AvgIpc) is 2.47. The molecule has 1 aromatic heterocycles. The summed E-state index contributed by atoms with van der Waals surface area (Å²) in [5, 5.41) is 3.60. The maximum atomic E-state index is 5.64. The second-order valence-corrected chi connectivity index (χ2v) is 5.35. The zero-order valence-corrected chi connectivity index (χ0v) is 11.2. The Morgan fingerprint density at radius 3 is 2.63 bits per heavy atom. The number of nitrogen functional groups attached to an aromatic ring is 1. The summed E-state index contributed by atoms with van der Waals surface area (Å²) in [5.74, 6) is 0.915. The van der Waals surface area contributed by atoms with Crippen molar-refractivity contribution < 1.29 is 0 Å². The molecule has 0 spiro atoms. The number of rotatable bonds is 3. The highest BCUT2D eigenvalue weighted by molar-refractivity contribution is 7.98. The van der Waals surface area contributed by atoms with Crippen molar-refractivity contribution in [2.75, 3.05) is 5.73 Å². The molecule has 0 saturated heterocycles. The number of hydrogen-bond acceptors (Lipinski definition) is 3. The largest absolute Gasteiger partial charge is 0.397 e. The SMILES string of the molecule is Nc1ccc(SCc2cccc3ccccc23)nc1. The number of anilines is 1. The molecule has 3 rings (SSSR count). The number of fused-ring (bicyclic) bond motifs is 1. The lowest BCUT2D eigenvalue weighted by Crippen LogP contribution is -1.88. The highest BCUT2D eigenvalue weighted by Gasteiger charge is 2.02. The second kappa shape index (κ2) is 5.33. The van der Waals surface area contributed by atoms with Crippen LogP contribution in [0.2, 0.25) is 0 Å². The molecule has 0 atom stereocenters. The molecular weight excluding hydrogens is 252 g/mol. The summed E-state index contributed by atoms with van der Waals surface area (Å²) in [6.45, 7) is 0. The molecule has 3 aromatic rings. The first-order valence-corrected chi connectivity index (χ1v) is 7.12. The van der Waals surface area contributed by atoms with Gasteiger partial charge in [-0.05, 0) is 28.5 Å². The van der Waals surface area contributed by atoms with Gasteiger partial charge in [-0.3, -0.25) is 0 Å². The van der Waals surface area contributed by atoms with Crippen LogP contribution in [-0.4, -0.2) is 4.98 Å². The van der Waals surface area contributed by atoms with Gasteiger partial charge in [-0.1, -0.05) is 42.5 Å². The molecule has 0 bridgehead atoms. The lowest BCUT2D eigenvalue weighted by molar-refractivity contribution is 1.14. The molecular formula is C16H14N2S. The van der Waals surface area contributed by atoms with Gasteiger partial charge in [0.05, 0.1) is 16.9 Å². The third kappa shape index (κ3) is 2.71. The Morgan fingerprint density at radius 1 is 0.947 bits per heavy atom. The topological polar surface area (TPSA) is 38.9 Å². The quantitative estimate of drug-likeness (QED) is 0.725.